The summed E-state index contributed by atoms with van der Waals surface area (Å²) >= 11 is 0. The van der Waals surface area contributed by atoms with Crippen molar-refractivity contribution in [3.8, 4) is 0 Å². The summed E-state index contributed by atoms with van der Waals surface area (Å²) in [4.78, 5) is 11.1. The summed E-state index contributed by atoms with van der Waals surface area (Å²) in [5.41, 5.74) is 3.01. The van der Waals surface area contributed by atoms with Gasteiger partial charge in [-0.1, -0.05) is 24.8 Å². The standard InChI is InChI=1S/C11H13NO/c1-4-10(13)12-11-8(2)6-5-7-9(11)3/h4-7H,1H2,2-3H3,(H,12,13)/i10-1. The topological polar surface area (TPSA) is 29.1 Å². The monoisotopic (exact) mass is 174 g/mol. The molecule has 0 aliphatic heterocycles. The van der Waals surface area contributed by atoms with Crippen LogP contribution in [0.15, 0.2) is 30.9 Å². The van der Waals surface area contributed by atoms with E-state index in [2.05, 4.69) is 11.9 Å². The molecule has 0 radical (unpaired) electrons. The van der Waals surface area contributed by atoms with Crippen molar-refractivity contribution in [1.29, 1.82) is 0 Å². The van der Waals surface area contributed by atoms with Crippen LogP contribution < -0.4 is 5.32 Å². The van der Waals surface area contributed by atoms with Gasteiger partial charge in [0.15, 0.2) is 0 Å². The van der Waals surface area contributed by atoms with Crippen LogP contribution in [0.5, 0.6) is 0 Å². The average molecular weight is 174 g/mol. The zero-order chi connectivity index (χ0) is 9.84. The molecule has 0 heterocycles. The minimum Gasteiger partial charge on any atom is -0.322 e. The predicted molar refractivity (Wildman–Crippen MR) is 54.7 cm³/mol. The fourth-order valence-corrected chi connectivity index (χ4v) is 1.19. The molecule has 0 saturated carbocycles. The molecule has 13 heavy (non-hydrogen) atoms. The molecule has 2 nitrogen and oxygen atoms in total. The largest absolute Gasteiger partial charge is 0.322 e. The predicted octanol–water partition coefficient (Wildman–Crippen LogP) is 2.43. The summed E-state index contributed by atoms with van der Waals surface area (Å²) in [6.07, 6.45) is 1.27. The molecule has 1 rings (SSSR count). The Balaban J connectivity index is 2.99. The maximum atomic E-state index is 11.1. The molecule has 0 aliphatic rings. The summed E-state index contributed by atoms with van der Waals surface area (Å²) in [7, 11) is 0. The van der Waals surface area contributed by atoms with Gasteiger partial charge in [-0.05, 0) is 31.1 Å². The Bertz CT molecular complexity index is 322. The van der Waals surface area contributed by atoms with E-state index in [4.69, 9.17) is 0 Å². The fraction of sp³-hybridized carbons (Fsp3) is 0.182. The molecule has 0 spiro atoms. The van der Waals surface area contributed by atoms with Gasteiger partial charge in [-0.2, -0.15) is 0 Å². The van der Waals surface area contributed by atoms with Gasteiger partial charge in [0.2, 0.25) is 5.91 Å². The van der Waals surface area contributed by atoms with Crippen LogP contribution in [0.2, 0.25) is 0 Å². The van der Waals surface area contributed by atoms with E-state index in [9.17, 15) is 4.79 Å². The molecule has 0 bridgehead atoms. The first-order valence-electron chi connectivity index (χ1n) is 4.15. The highest BCUT2D eigenvalue weighted by molar-refractivity contribution is 5.99. The number of hydrogen-bond acceptors (Lipinski definition) is 1. The van der Waals surface area contributed by atoms with Crippen LogP contribution in [0.3, 0.4) is 0 Å². The molecule has 0 atom stereocenters. The SMILES string of the molecule is C=C[11C](=O)Nc1c(C)cccc1C. The van der Waals surface area contributed by atoms with E-state index in [-0.39, 0.29) is 5.91 Å². The first-order valence-corrected chi connectivity index (χ1v) is 4.15. The van der Waals surface area contributed by atoms with Crippen molar-refractivity contribution < 1.29 is 4.79 Å². The Morgan fingerprint density at radius 3 is 2.38 bits per heavy atom. The van der Waals surface area contributed by atoms with Crippen molar-refractivity contribution >= 4 is 11.6 Å². The number of aryl methyl sites for hydroxylation is 2. The van der Waals surface area contributed by atoms with Gasteiger partial charge in [-0.25, -0.2) is 0 Å². The van der Waals surface area contributed by atoms with E-state index in [1.54, 1.807) is 0 Å². The lowest BCUT2D eigenvalue weighted by Gasteiger charge is -2.09. The molecule has 0 fully saturated rings. The first kappa shape index (κ1) is 9.52. The molecule has 1 N–H and O–H groups in total. The molecule has 0 saturated heterocycles. The first-order chi connectivity index (χ1) is 6.15. The minimum atomic E-state index is -0.169. The van der Waals surface area contributed by atoms with Crippen molar-refractivity contribution in [1.82, 2.24) is 0 Å². The Morgan fingerprint density at radius 1 is 1.38 bits per heavy atom. The number of rotatable bonds is 2. The third kappa shape index (κ3) is 2.18. The van der Waals surface area contributed by atoms with Crippen LogP contribution in [-0.4, -0.2) is 5.91 Å². The maximum absolute atomic E-state index is 11.1. The van der Waals surface area contributed by atoms with Crippen LogP contribution >= 0.6 is 0 Å². The molecule has 0 unspecified atom stereocenters. The van der Waals surface area contributed by atoms with E-state index in [0.29, 0.717) is 0 Å². The molecule has 68 valence electrons. The van der Waals surface area contributed by atoms with Crippen LogP contribution in [0, 0.1) is 13.8 Å². The lowest BCUT2D eigenvalue weighted by Crippen LogP contribution is -2.09. The Hall–Kier alpha value is -1.57. The number of anilines is 1. The molecule has 1 aromatic rings. The second-order valence-electron chi connectivity index (χ2n) is 2.96. The van der Waals surface area contributed by atoms with Crippen LogP contribution in [-0.2, 0) is 4.79 Å². The van der Waals surface area contributed by atoms with Crippen LogP contribution in [0.25, 0.3) is 0 Å². The molecule has 2 heteroatoms. The van der Waals surface area contributed by atoms with Crippen molar-refractivity contribution in [2.75, 3.05) is 5.32 Å². The minimum absolute atomic E-state index is 0.169. The third-order valence-corrected chi connectivity index (χ3v) is 1.91. The summed E-state index contributed by atoms with van der Waals surface area (Å²) in [5.74, 6) is -0.169. The number of carbonyl (C=O) groups excluding carboxylic acids is 1. The average Bonchev–Trinajstić information content (AvgIpc) is 2.11. The number of carbonyl (C=O) groups is 1. The second kappa shape index (κ2) is 3.90. The Labute approximate surface area is 78.3 Å². The molecule has 0 aliphatic carbocycles. The van der Waals surface area contributed by atoms with Gasteiger partial charge in [-0.15, -0.1) is 0 Å². The zero-order valence-electron chi connectivity index (χ0n) is 7.92. The van der Waals surface area contributed by atoms with Gasteiger partial charge < -0.3 is 5.32 Å². The van der Waals surface area contributed by atoms with E-state index < -0.39 is 0 Å². The summed E-state index contributed by atoms with van der Waals surface area (Å²) in [6.45, 7) is 7.33. The van der Waals surface area contributed by atoms with Gasteiger partial charge in [0.25, 0.3) is 0 Å². The number of hydrogen-bond donors (Lipinski definition) is 1. The maximum Gasteiger partial charge on any atom is 0.247 e. The highest BCUT2D eigenvalue weighted by atomic mass is 16.1. The Kier molecular flexibility index (Phi) is 2.85. The fourth-order valence-electron chi connectivity index (χ4n) is 1.19. The molecular weight excluding hydrogens is 161 g/mol. The van der Waals surface area contributed by atoms with Gasteiger partial charge >= 0.3 is 0 Å². The van der Waals surface area contributed by atoms with Crippen LogP contribution in [0.4, 0.5) is 5.69 Å². The summed E-state index contributed by atoms with van der Waals surface area (Å²) in [5, 5.41) is 2.77. The van der Waals surface area contributed by atoms with Gasteiger partial charge in [0.05, 0.1) is 0 Å². The zero-order valence-corrected chi connectivity index (χ0v) is 7.92. The van der Waals surface area contributed by atoms with Gasteiger partial charge in [0, 0.05) is 5.69 Å². The van der Waals surface area contributed by atoms with Crippen molar-refractivity contribution in [2.24, 2.45) is 0 Å². The molecule has 0 aromatic heterocycles. The van der Waals surface area contributed by atoms with Gasteiger partial charge in [-0.3, -0.25) is 4.79 Å². The lowest BCUT2D eigenvalue weighted by atomic mass is 9.99. The van der Waals surface area contributed by atoms with Crippen molar-refractivity contribution in [2.45, 2.75) is 13.8 Å². The normalized spacial score (nSPS) is 9.38. The van der Waals surface area contributed by atoms with Crippen molar-refractivity contribution in [3.05, 3.63) is 42.0 Å². The molecule has 1 aromatic carbocycles. The van der Waals surface area contributed by atoms with E-state index in [1.165, 1.54) is 6.08 Å². The smallest absolute Gasteiger partial charge is 0.247 e. The highest BCUT2D eigenvalue weighted by Gasteiger charge is 2.03. The Morgan fingerprint density at radius 2 is 1.92 bits per heavy atom. The number of nitrogens with one attached hydrogen (secondary N) is 1. The number of benzene rings is 1. The molecule has 1 amide bonds. The second-order valence-corrected chi connectivity index (χ2v) is 2.96. The quantitative estimate of drug-likeness (QED) is 0.685. The number of para-hydroxylation sites is 1. The van der Waals surface area contributed by atoms with E-state index >= 15 is 0 Å². The molecular formula is C11H13NO. The number of amides is 1. The summed E-state index contributed by atoms with van der Waals surface area (Å²) < 4.78 is 0. The van der Waals surface area contributed by atoms with E-state index in [1.807, 2.05) is 32.0 Å². The van der Waals surface area contributed by atoms with E-state index in [0.717, 1.165) is 16.8 Å². The van der Waals surface area contributed by atoms with Crippen molar-refractivity contribution in [3.63, 3.8) is 0 Å². The van der Waals surface area contributed by atoms with Crippen LogP contribution in [0.1, 0.15) is 11.1 Å². The lowest BCUT2D eigenvalue weighted by molar-refractivity contribution is -0.111. The third-order valence-electron chi connectivity index (χ3n) is 1.91. The van der Waals surface area contributed by atoms with Gasteiger partial charge in [0.1, 0.15) is 0 Å². The highest BCUT2D eigenvalue weighted by Crippen LogP contribution is 2.18. The summed E-state index contributed by atoms with van der Waals surface area (Å²) in [6, 6.07) is 5.89.